The van der Waals surface area contributed by atoms with Crippen LogP contribution in [0.2, 0.25) is 0 Å². The van der Waals surface area contributed by atoms with Gasteiger partial charge in [-0.1, -0.05) is 18.9 Å². The van der Waals surface area contributed by atoms with Gasteiger partial charge in [-0.15, -0.1) is 0 Å². The average molecular weight is 259 g/mol. The van der Waals surface area contributed by atoms with Crippen LogP contribution in [0.1, 0.15) is 31.4 Å². The number of hydrogen-bond donors (Lipinski definition) is 2. The molecule has 1 aliphatic heterocycles. The molecule has 1 aliphatic carbocycles. The number of anilines is 1. The monoisotopic (exact) mass is 259 g/mol. The molecule has 1 amide bonds. The molecule has 1 saturated heterocycles. The highest BCUT2D eigenvalue weighted by molar-refractivity contribution is 5.95. The van der Waals surface area contributed by atoms with Crippen LogP contribution in [0.3, 0.4) is 0 Å². The first-order valence-corrected chi connectivity index (χ1v) is 7.16. The second kappa shape index (κ2) is 4.93. The van der Waals surface area contributed by atoms with E-state index in [1.807, 2.05) is 25.1 Å². The maximum atomic E-state index is 12.7. The van der Waals surface area contributed by atoms with Gasteiger partial charge in [-0.2, -0.15) is 0 Å². The van der Waals surface area contributed by atoms with Crippen molar-refractivity contribution in [3.8, 4) is 0 Å². The van der Waals surface area contributed by atoms with Crippen molar-refractivity contribution in [2.45, 2.75) is 32.6 Å². The largest absolute Gasteiger partial charge is 0.315 e. The summed E-state index contributed by atoms with van der Waals surface area (Å²) in [6.45, 7) is 3.73. The van der Waals surface area contributed by atoms with Crippen LogP contribution in [0.15, 0.2) is 18.2 Å². The Morgan fingerprint density at radius 3 is 3.21 bits per heavy atom. The van der Waals surface area contributed by atoms with Gasteiger partial charge < -0.3 is 10.6 Å². The van der Waals surface area contributed by atoms with Gasteiger partial charge >= 0.3 is 0 Å². The smallest absolute Gasteiger partial charge is 0.233 e. The summed E-state index contributed by atoms with van der Waals surface area (Å²) in [5, 5.41) is 6.43. The predicted molar refractivity (Wildman–Crippen MR) is 74.9 cm³/mol. The van der Waals surface area contributed by atoms with Gasteiger partial charge in [0.15, 0.2) is 0 Å². The first-order valence-electron chi connectivity index (χ1n) is 7.16. The Morgan fingerprint density at radius 2 is 2.37 bits per heavy atom. The predicted octanol–water partition coefficient (Wildman–Crippen LogP) is 2.11. The SMILES string of the molecule is Cc1cccc(NC(=O)[C@@]23CCCC[C@H]2CNC3)n1. The molecular formula is C15H21N3O. The second-order valence-corrected chi connectivity index (χ2v) is 5.85. The number of aryl methyl sites for hydroxylation is 1. The zero-order chi connectivity index (χ0) is 13.3. The topological polar surface area (TPSA) is 54.0 Å². The van der Waals surface area contributed by atoms with Gasteiger partial charge in [-0.05, 0) is 44.4 Å². The number of carbonyl (C=O) groups excluding carboxylic acids is 1. The van der Waals surface area contributed by atoms with E-state index >= 15 is 0 Å². The molecule has 1 aromatic heterocycles. The van der Waals surface area contributed by atoms with Crippen LogP contribution in [0.25, 0.3) is 0 Å². The Balaban J connectivity index is 1.79. The Bertz CT molecular complexity index is 488. The van der Waals surface area contributed by atoms with E-state index in [9.17, 15) is 4.79 Å². The van der Waals surface area contributed by atoms with Crippen LogP contribution in [0.4, 0.5) is 5.82 Å². The fraction of sp³-hybridized carbons (Fsp3) is 0.600. The Kier molecular flexibility index (Phi) is 3.27. The third-order valence-electron chi connectivity index (χ3n) is 4.62. The highest BCUT2D eigenvalue weighted by atomic mass is 16.2. The van der Waals surface area contributed by atoms with Crippen molar-refractivity contribution in [2.75, 3.05) is 18.4 Å². The minimum Gasteiger partial charge on any atom is -0.315 e. The number of amides is 1. The van der Waals surface area contributed by atoms with Crippen molar-refractivity contribution in [3.05, 3.63) is 23.9 Å². The maximum absolute atomic E-state index is 12.7. The normalized spacial score (nSPS) is 29.8. The summed E-state index contributed by atoms with van der Waals surface area (Å²) in [5.41, 5.74) is 0.726. The molecule has 2 N–H and O–H groups in total. The number of nitrogens with zero attached hydrogens (tertiary/aromatic N) is 1. The summed E-state index contributed by atoms with van der Waals surface area (Å²) in [6, 6.07) is 5.73. The zero-order valence-electron chi connectivity index (χ0n) is 11.4. The van der Waals surface area contributed by atoms with E-state index in [4.69, 9.17) is 0 Å². The lowest BCUT2D eigenvalue weighted by molar-refractivity contribution is -0.128. The lowest BCUT2D eigenvalue weighted by atomic mass is 9.67. The summed E-state index contributed by atoms with van der Waals surface area (Å²) in [7, 11) is 0. The minimum atomic E-state index is -0.205. The van der Waals surface area contributed by atoms with Crippen molar-refractivity contribution in [1.29, 1.82) is 0 Å². The molecule has 0 bridgehead atoms. The highest BCUT2D eigenvalue weighted by Crippen LogP contribution is 2.44. The first kappa shape index (κ1) is 12.6. The zero-order valence-corrected chi connectivity index (χ0v) is 11.4. The van der Waals surface area contributed by atoms with E-state index in [0.717, 1.165) is 31.6 Å². The average Bonchev–Trinajstić information content (AvgIpc) is 2.83. The summed E-state index contributed by atoms with van der Waals surface area (Å²) < 4.78 is 0. The van der Waals surface area contributed by atoms with Crippen molar-refractivity contribution in [3.63, 3.8) is 0 Å². The lowest BCUT2D eigenvalue weighted by Crippen LogP contribution is -2.44. The van der Waals surface area contributed by atoms with Gasteiger partial charge in [0, 0.05) is 12.2 Å². The molecule has 4 nitrogen and oxygen atoms in total. The molecule has 2 atom stereocenters. The molecule has 3 rings (SSSR count). The molecule has 2 fully saturated rings. The van der Waals surface area contributed by atoms with Crippen molar-refractivity contribution >= 4 is 11.7 Å². The van der Waals surface area contributed by atoms with Gasteiger partial charge in [-0.3, -0.25) is 4.79 Å². The Hall–Kier alpha value is -1.42. The molecular weight excluding hydrogens is 238 g/mol. The molecule has 102 valence electrons. The highest BCUT2D eigenvalue weighted by Gasteiger charge is 2.49. The van der Waals surface area contributed by atoms with Crippen LogP contribution >= 0.6 is 0 Å². The van der Waals surface area contributed by atoms with Crippen LogP contribution in [-0.4, -0.2) is 24.0 Å². The molecule has 1 saturated carbocycles. The van der Waals surface area contributed by atoms with Crippen LogP contribution in [0.5, 0.6) is 0 Å². The molecule has 1 aromatic rings. The molecule has 19 heavy (non-hydrogen) atoms. The van der Waals surface area contributed by atoms with Crippen molar-refractivity contribution in [1.82, 2.24) is 10.3 Å². The summed E-state index contributed by atoms with van der Waals surface area (Å²) >= 11 is 0. The summed E-state index contributed by atoms with van der Waals surface area (Å²) in [6.07, 6.45) is 4.58. The number of hydrogen-bond acceptors (Lipinski definition) is 3. The Labute approximate surface area is 114 Å². The van der Waals surface area contributed by atoms with E-state index in [1.165, 1.54) is 12.8 Å². The number of fused-ring (bicyclic) bond motifs is 1. The molecule has 2 aliphatic rings. The molecule has 2 heterocycles. The number of rotatable bonds is 2. The molecule has 4 heteroatoms. The van der Waals surface area contributed by atoms with Crippen molar-refractivity contribution in [2.24, 2.45) is 11.3 Å². The van der Waals surface area contributed by atoms with E-state index in [2.05, 4.69) is 15.6 Å². The van der Waals surface area contributed by atoms with Gasteiger partial charge in [0.2, 0.25) is 5.91 Å². The quantitative estimate of drug-likeness (QED) is 0.855. The van der Waals surface area contributed by atoms with E-state index in [-0.39, 0.29) is 11.3 Å². The third-order valence-corrected chi connectivity index (χ3v) is 4.62. The van der Waals surface area contributed by atoms with Crippen LogP contribution < -0.4 is 10.6 Å². The fourth-order valence-corrected chi connectivity index (χ4v) is 3.54. The molecule has 0 aromatic carbocycles. The third kappa shape index (κ3) is 2.25. The molecule has 0 spiro atoms. The van der Waals surface area contributed by atoms with Crippen molar-refractivity contribution < 1.29 is 4.79 Å². The van der Waals surface area contributed by atoms with Gasteiger partial charge in [-0.25, -0.2) is 4.98 Å². The van der Waals surface area contributed by atoms with Crippen LogP contribution in [0, 0.1) is 18.3 Å². The minimum absolute atomic E-state index is 0.153. The summed E-state index contributed by atoms with van der Waals surface area (Å²) in [5.74, 6) is 1.32. The van der Waals surface area contributed by atoms with E-state index < -0.39 is 0 Å². The lowest BCUT2D eigenvalue weighted by Gasteiger charge is -2.36. The first-order chi connectivity index (χ1) is 9.21. The van der Waals surface area contributed by atoms with Gasteiger partial charge in [0.25, 0.3) is 0 Å². The Morgan fingerprint density at radius 1 is 1.47 bits per heavy atom. The fourth-order valence-electron chi connectivity index (χ4n) is 3.54. The van der Waals surface area contributed by atoms with E-state index in [0.29, 0.717) is 11.7 Å². The van der Waals surface area contributed by atoms with E-state index in [1.54, 1.807) is 0 Å². The summed E-state index contributed by atoms with van der Waals surface area (Å²) in [4.78, 5) is 17.1. The number of nitrogens with one attached hydrogen (secondary N) is 2. The second-order valence-electron chi connectivity index (χ2n) is 5.85. The number of aromatic nitrogens is 1. The molecule has 0 radical (unpaired) electrons. The standard InChI is InChI=1S/C15H21N3O/c1-11-5-4-7-13(17-11)18-14(19)15-8-3-2-6-12(15)9-16-10-15/h4-5,7,12,16H,2-3,6,8-10H2,1H3,(H,17,18,19)/t12-,15+/m0/s1. The van der Waals surface area contributed by atoms with Crippen LogP contribution in [-0.2, 0) is 4.79 Å². The number of carbonyl (C=O) groups is 1. The number of pyridine rings is 1. The van der Waals surface area contributed by atoms with Gasteiger partial charge in [0.1, 0.15) is 5.82 Å². The maximum Gasteiger partial charge on any atom is 0.233 e. The van der Waals surface area contributed by atoms with Gasteiger partial charge in [0.05, 0.1) is 5.41 Å². The molecule has 0 unspecified atom stereocenters.